The standard InChI is InChI=1S/C51H55N5O10S/c1-7-34-30-51(34,47(59)55-67(61,62)50(24-25-50)29-32-16-10-8-11-17-32)54-45(57)40-27-36(65-43-28-38(33-18-12-9-13-19-33)52-39-26-35(63-5)22-23-37(39)43)31-56(40)46(58)44(49(2,3)4)53-48(60)66-42-21-15-14-20-41(42)64-6/h7-23,26,28,34,36,40,44H,1,24-25,27,29-31H2,2-6H3,(H,53,60)(H,54,57)(H,55,59). The van der Waals surface area contributed by atoms with E-state index >= 15 is 4.79 Å². The number of para-hydroxylation sites is 2. The van der Waals surface area contributed by atoms with Gasteiger partial charge in [-0.2, -0.15) is 0 Å². The van der Waals surface area contributed by atoms with Crippen molar-refractivity contribution in [3.63, 3.8) is 0 Å². The van der Waals surface area contributed by atoms with E-state index in [2.05, 4.69) is 21.9 Å². The maximum atomic E-state index is 15.0. The fraction of sp³-hybridized carbons (Fsp3) is 0.353. The molecule has 2 saturated carbocycles. The van der Waals surface area contributed by atoms with Crippen LogP contribution in [0.15, 0.2) is 122 Å². The second-order valence-corrected chi connectivity index (χ2v) is 20.6. The molecule has 0 radical (unpaired) electrons. The van der Waals surface area contributed by atoms with Gasteiger partial charge >= 0.3 is 6.09 Å². The summed E-state index contributed by atoms with van der Waals surface area (Å²) >= 11 is 0. The van der Waals surface area contributed by atoms with Gasteiger partial charge in [0.25, 0.3) is 5.91 Å². The second-order valence-electron chi connectivity index (χ2n) is 18.5. The lowest BCUT2D eigenvalue weighted by Gasteiger charge is -2.35. The molecule has 1 saturated heterocycles. The molecule has 16 heteroatoms. The first-order valence-electron chi connectivity index (χ1n) is 22.2. The molecule has 0 bridgehead atoms. The Morgan fingerprint density at radius 3 is 2.18 bits per heavy atom. The van der Waals surface area contributed by atoms with E-state index in [4.69, 9.17) is 23.9 Å². The van der Waals surface area contributed by atoms with Crippen molar-refractivity contribution < 1.29 is 46.5 Å². The number of amides is 4. The number of nitrogens with one attached hydrogen (secondary N) is 3. The van der Waals surface area contributed by atoms with Crippen LogP contribution in [0.25, 0.3) is 22.2 Å². The van der Waals surface area contributed by atoms with Crippen molar-refractivity contribution in [3.8, 4) is 34.3 Å². The van der Waals surface area contributed by atoms with E-state index in [0.29, 0.717) is 46.7 Å². The highest BCUT2D eigenvalue weighted by molar-refractivity contribution is 7.91. The summed E-state index contributed by atoms with van der Waals surface area (Å²) in [6, 6.07) is 30.1. The number of carbonyl (C=O) groups excluding carboxylic acids is 4. The molecule has 1 aliphatic heterocycles. The Hall–Kier alpha value is -6.94. The quantitative estimate of drug-likeness (QED) is 0.0887. The highest BCUT2D eigenvalue weighted by atomic mass is 32.2. The van der Waals surface area contributed by atoms with Crippen LogP contribution in [-0.2, 0) is 30.8 Å². The Kier molecular flexibility index (Phi) is 12.8. The molecule has 1 aromatic heterocycles. The monoisotopic (exact) mass is 929 g/mol. The molecule has 3 fully saturated rings. The van der Waals surface area contributed by atoms with Gasteiger partial charge < -0.3 is 34.5 Å². The molecule has 5 aromatic rings. The lowest BCUT2D eigenvalue weighted by molar-refractivity contribution is -0.142. The lowest BCUT2D eigenvalue weighted by atomic mass is 9.85. The number of ether oxygens (including phenoxy) is 4. The summed E-state index contributed by atoms with van der Waals surface area (Å²) in [5.74, 6) is -1.34. The van der Waals surface area contributed by atoms with E-state index in [1.54, 1.807) is 70.3 Å². The van der Waals surface area contributed by atoms with Gasteiger partial charge in [0.15, 0.2) is 11.5 Å². The van der Waals surface area contributed by atoms with Crippen molar-refractivity contribution in [2.75, 3.05) is 20.8 Å². The van der Waals surface area contributed by atoms with E-state index in [1.807, 2.05) is 66.7 Å². The molecule has 4 amide bonds. The molecule has 350 valence electrons. The van der Waals surface area contributed by atoms with Crippen molar-refractivity contribution in [1.82, 2.24) is 25.2 Å². The summed E-state index contributed by atoms with van der Waals surface area (Å²) < 4.78 is 52.3. The van der Waals surface area contributed by atoms with E-state index in [9.17, 15) is 22.8 Å². The summed E-state index contributed by atoms with van der Waals surface area (Å²) in [5, 5.41) is 6.26. The third-order valence-corrected chi connectivity index (χ3v) is 15.0. The molecular formula is C51H55N5O10S. The molecule has 3 aliphatic rings. The Bertz CT molecular complexity index is 2810. The summed E-state index contributed by atoms with van der Waals surface area (Å²) in [4.78, 5) is 63.9. The van der Waals surface area contributed by atoms with Crippen LogP contribution in [0, 0.1) is 11.3 Å². The molecule has 15 nitrogen and oxygen atoms in total. The van der Waals surface area contributed by atoms with Gasteiger partial charge in [-0.3, -0.25) is 19.1 Å². The third-order valence-electron chi connectivity index (χ3n) is 12.9. The van der Waals surface area contributed by atoms with Crippen LogP contribution in [-0.4, -0.2) is 91.4 Å². The predicted octanol–water partition coefficient (Wildman–Crippen LogP) is 6.75. The number of sulfonamides is 1. The van der Waals surface area contributed by atoms with Gasteiger partial charge in [0.2, 0.25) is 21.8 Å². The molecular weight excluding hydrogens is 875 g/mol. The topological polar surface area (TPSA) is 192 Å². The molecule has 2 heterocycles. The maximum absolute atomic E-state index is 15.0. The van der Waals surface area contributed by atoms with Gasteiger partial charge in [0.1, 0.15) is 35.2 Å². The first kappa shape index (κ1) is 46.6. The summed E-state index contributed by atoms with van der Waals surface area (Å²) in [6.07, 6.45) is 0.820. The fourth-order valence-electron chi connectivity index (χ4n) is 8.78. The van der Waals surface area contributed by atoms with Gasteiger partial charge in [-0.15, -0.1) is 6.58 Å². The molecule has 0 spiro atoms. The molecule has 8 rings (SSSR count). The number of hydrogen-bond donors (Lipinski definition) is 3. The third kappa shape index (κ3) is 9.66. The number of aromatic nitrogens is 1. The largest absolute Gasteiger partial charge is 0.497 e. The number of fused-ring (bicyclic) bond motifs is 1. The van der Waals surface area contributed by atoms with Crippen molar-refractivity contribution in [2.45, 2.75) is 81.3 Å². The molecule has 5 atom stereocenters. The Balaban J connectivity index is 1.10. The Labute approximate surface area is 390 Å². The maximum Gasteiger partial charge on any atom is 0.413 e. The number of likely N-dealkylation sites (tertiary alicyclic amines) is 1. The van der Waals surface area contributed by atoms with Gasteiger partial charge in [-0.25, -0.2) is 18.2 Å². The van der Waals surface area contributed by atoms with Crippen LogP contribution in [0.2, 0.25) is 0 Å². The minimum atomic E-state index is -4.20. The van der Waals surface area contributed by atoms with Gasteiger partial charge in [0, 0.05) is 35.4 Å². The number of carbonyl (C=O) groups is 4. The molecule has 5 unspecified atom stereocenters. The van der Waals surface area contributed by atoms with E-state index < -0.39 is 73.6 Å². The molecule has 2 aliphatic carbocycles. The zero-order valence-corrected chi connectivity index (χ0v) is 38.9. The van der Waals surface area contributed by atoms with Crippen LogP contribution in [0.5, 0.6) is 23.0 Å². The molecule has 3 N–H and O–H groups in total. The zero-order valence-electron chi connectivity index (χ0n) is 38.1. The minimum absolute atomic E-state index is 0.0321. The van der Waals surface area contributed by atoms with E-state index in [-0.39, 0.29) is 31.6 Å². The van der Waals surface area contributed by atoms with Crippen LogP contribution >= 0.6 is 0 Å². The van der Waals surface area contributed by atoms with Gasteiger partial charge in [0.05, 0.1) is 36.7 Å². The normalized spacial score (nSPS) is 21.0. The highest BCUT2D eigenvalue weighted by Gasteiger charge is 2.63. The highest BCUT2D eigenvalue weighted by Crippen LogP contribution is 2.49. The van der Waals surface area contributed by atoms with Crippen molar-refractivity contribution >= 4 is 44.7 Å². The van der Waals surface area contributed by atoms with Crippen LogP contribution in [0.1, 0.15) is 52.0 Å². The number of benzene rings is 4. The Morgan fingerprint density at radius 1 is 0.881 bits per heavy atom. The second kappa shape index (κ2) is 18.4. The van der Waals surface area contributed by atoms with E-state index in [1.165, 1.54) is 18.1 Å². The van der Waals surface area contributed by atoms with Gasteiger partial charge in [-0.1, -0.05) is 99.6 Å². The zero-order chi connectivity index (χ0) is 47.7. The summed E-state index contributed by atoms with van der Waals surface area (Å²) in [5.41, 5.74) is 0.284. The van der Waals surface area contributed by atoms with Crippen LogP contribution < -0.4 is 34.3 Å². The molecule has 4 aromatic carbocycles. The van der Waals surface area contributed by atoms with Crippen molar-refractivity contribution in [2.24, 2.45) is 11.3 Å². The number of rotatable bonds is 16. The lowest BCUT2D eigenvalue weighted by Crippen LogP contribution is -2.60. The SMILES string of the molecule is C=CC1CC1(NC(=O)C1CC(Oc2cc(-c3ccccc3)nc3cc(OC)ccc23)CN1C(=O)C(NC(=O)Oc1ccccc1OC)C(C)(C)C)C(=O)NS(=O)(=O)C1(Cc2ccccc2)CC1. The average molecular weight is 930 g/mol. The first-order valence-corrected chi connectivity index (χ1v) is 23.7. The number of hydrogen-bond acceptors (Lipinski definition) is 11. The number of methoxy groups -OCH3 is 2. The number of pyridine rings is 1. The average Bonchev–Trinajstić information content (AvgIpc) is 4.22. The van der Waals surface area contributed by atoms with Crippen molar-refractivity contribution in [3.05, 3.63) is 127 Å². The minimum Gasteiger partial charge on any atom is -0.497 e. The predicted molar refractivity (Wildman–Crippen MR) is 252 cm³/mol. The molecule has 67 heavy (non-hydrogen) atoms. The summed E-state index contributed by atoms with van der Waals surface area (Å²) in [6.45, 7) is 9.06. The fourth-order valence-corrected chi connectivity index (χ4v) is 10.4. The van der Waals surface area contributed by atoms with Gasteiger partial charge in [-0.05, 0) is 60.9 Å². The first-order chi connectivity index (χ1) is 32.0. The Morgan fingerprint density at radius 2 is 1.55 bits per heavy atom. The smallest absolute Gasteiger partial charge is 0.413 e. The van der Waals surface area contributed by atoms with Crippen LogP contribution in [0.4, 0.5) is 4.79 Å². The van der Waals surface area contributed by atoms with Crippen molar-refractivity contribution in [1.29, 1.82) is 0 Å². The number of nitrogens with zero attached hydrogens (tertiary/aromatic N) is 2. The van der Waals surface area contributed by atoms with Crippen LogP contribution in [0.3, 0.4) is 0 Å². The summed E-state index contributed by atoms with van der Waals surface area (Å²) in [7, 11) is -1.20. The van der Waals surface area contributed by atoms with E-state index in [0.717, 1.165) is 11.1 Å².